The van der Waals surface area contributed by atoms with Crippen molar-refractivity contribution in [1.82, 2.24) is 19.5 Å². The number of rotatable bonds is 3. The molecule has 1 fully saturated rings. The zero-order valence-corrected chi connectivity index (χ0v) is 17.1. The van der Waals surface area contributed by atoms with E-state index in [0.29, 0.717) is 0 Å². The minimum absolute atomic E-state index is 0.208. The highest BCUT2D eigenvalue weighted by Gasteiger charge is 2.22. The number of nitrogens with zero attached hydrogens (tertiary/aromatic N) is 6. The Morgan fingerprint density at radius 2 is 1.57 bits per heavy atom. The lowest BCUT2D eigenvalue weighted by Gasteiger charge is -2.36. The number of halogens is 1. The number of fused-ring (bicyclic) bond motifs is 1. The lowest BCUT2D eigenvalue weighted by molar-refractivity contribution is 0.624. The average Bonchev–Trinajstić information content (AvgIpc) is 3.19. The third-order valence-corrected chi connectivity index (χ3v) is 5.70. The Hall–Kier alpha value is -3.48. The third kappa shape index (κ3) is 3.26. The van der Waals surface area contributed by atoms with Gasteiger partial charge in [-0.25, -0.2) is 19.3 Å². The van der Waals surface area contributed by atoms with E-state index in [-0.39, 0.29) is 5.82 Å². The number of hydrogen-bond acceptors (Lipinski definition) is 5. The van der Waals surface area contributed by atoms with E-state index in [9.17, 15) is 4.39 Å². The van der Waals surface area contributed by atoms with Crippen molar-refractivity contribution in [2.75, 3.05) is 36.0 Å². The molecule has 0 N–H and O–H groups in total. The van der Waals surface area contributed by atoms with Crippen LogP contribution in [0, 0.1) is 19.7 Å². The normalized spacial score (nSPS) is 14.5. The van der Waals surface area contributed by atoms with Crippen LogP contribution in [0.4, 0.5) is 15.9 Å². The van der Waals surface area contributed by atoms with Crippen molar-refractivity contribution in [2.24, 2.45) is 0 Å². The van der Waals surface area contributed by atoms with Gasteiger partial charge in [-0.2, -0.15) is 0 Å². The van der Waals surface area contributed by atoms with Crippen LogP contribution in [0.3, 0.4) is 0 Å². The van der Waals surface area contributed by atoms with E-state index in [1.165, 1.54) is 23.3 Å². The molecule has 4 aromatic rings. The minimum Gasteiger partial charge on any atom is -0.368 e. The van der Waals surface area contributed by atoms with E-state index in [0.717, 1.165) is 54.5 Å². The Morgan fingerprint density at radius 1 is 0.833 bits per heavy atom. The van der Waals surface area contributed by atoms with Crippen LogP contribution in [-0.2, 0) is 0 Å². The summed E-state index contributed by atoms with van der Waals surface area (Å²) < 4.78 is 15.2. The number of anilines is 2. The second kappa shape index (κ2) is 7.40. The van der Waals surface area contributed by atoms with Crippen LogP contribution < -0.4 is 9.80 Å². The molecule has 0 spiro atoms. The largest absolute Gasteiger partial charge is 0.368 e. The van der Waals surface area contributed by atoms with Gasteiger partial charge >= 0.3 is 0 Å². The molecule has 30 heavy (non-hydrogen) atoms. The second-order valence-electron chi connectivity index (χ2n) is 7.72. The van der Waals surface area contributed by atoms with E-state index < -0.39 is 0 Å². The van der Waals surface area contributed by atoms with Crippen LogP contribution in [0.2, 0.25) is 0 Å². The van der Waals surface area contributed by atoms with E-state index in [2.05, 4.69) is 56.8 Å². The predicted octanol–water partition coefficient (Wildman–Crippen LogP) is 3.90. The molecule has 0 bridgehead atoms. The van der Waals surface area contributed by atoms with Crippen molar-refractivity contribution >= 4 is 22.7 Å². The summed E-state index contributed by atoms with van der Waals surface area (Å²) in [6, 6.07) is 13.1. The molecule has 3 heterocycles. The molecule has 0 radical (unpaired) electrons. The molecule has 1 aliphatic rings. The fraction of sp³-hybridized carbons (Fsp3) is 0.261. The fourth-order valence-corrected chi connectivity index (χ4v) is 4.13. The van der Waals surface area contributed by atoms with Crippen molar-refractivity contribution in [3.05, 3.63) is 72.1 Å². The van der Waals surface area contributed by atoms with E-state index in [4.69, 9.17) is 0 Å². The molecule has 1 saturated heterocycles. The SMILES string of the molecule is Cc1ccc(-n2cnc3c(N4CCN(c5ccc(F)cc5)CC4)ncnc32)c(C)c1. The summed E-state index contributed by atoms with van der Waals surface area (Å²) in [5, 5.41) is 0. The number of hydrogen-bond donors (Lipinski definition) is 0. The molecule has 2 aromatic heterocycles. The highest BCUT2D eigenvalue weighted by Crippen LogP contribution is 2.27. The predicted molar refractivity (Wildman–Crippen MR) is 117 cm³/mol. The van der Waals surface area contributed by atoms with Crippen molar-refractivity contribution in [2.45, 2.75) is 13.8 Å². The van der Waals surface area contributed by atoms with Gasteiger partial charge in [-0.1, -0.05) is 17.7 Å². The van der Waals surface area contributed by atoms with E-state index in [1.54, 1.807) is 6.33 Å². The first-order valence-electron chi connectivity index (χ1n) is 10.1. The topological polar surface area (TPSA) is 50.1 Å². The number of imidazole rings is 1. The molecule has 0 aliphatic carbocycles. The third-order valence-electron chi connectivity index (χ3n) is 5.70. The highest BCUT2D eigenvalue weighted by molar-refractivity contribution is 5.85. The Morgan fingerprint density at radius 3 is 2.30 bits per heavy atom. The van der Waals surface area contributed by atoms with Gasteiger partial charge < -0.3 is 9.80 Å². The van der Waals surface area contributed by atoms with Gasteiger partial charge in [0.25, 0.3) is 0 Å². The summed E-state index contributed by atoms with van der Waals surface area (Å²) in [4.78, 5) is 18.3. The first-order chi connectivity index (χ1) is 14.6. The van der Waals surface area contributed by atoms with Crippen molar-refractivity contribution in [1.29, 1.82) is 0 Å². The zero-order valence-electron chi connectivity index (χ0n) is 17.1. The molecule has 0 atom stereocenters. The van der Waals surface area contributed by atoms with Crippen LogP contribution in [0.25, 0.3) is 16.9 Å². The Bertz CT molecular complexity index is 1190. The van der Waals surface area contributed by atoms with Gasteiger partial charge in [0.05, 0.1) is 5.69 Å². The van der Waals surface area contributed by atoms with Gasteiger partial charge in [0, 0.05) is 31.9 Å². The lowest BCUT2D eigenvalue weighted by atomic mass is 10.1. The molecular formula is C23H23FN6. The number of aryl methyl sites for hydroxylation is 2. The molecule has 0 unspecified atom stereocenters. The quantitative estimate of drug-likeness (QED) is 0.520. The Kier molecular flexibility index (Phi) is 4.58. The van der Waals surface area contributed by atoms with E-state index >= 15 is 0 Å². The van der Waals surface area contributed by atoms with Crippen molar-refractivity contribution in [3.8, 4) is 5.69 Å². The van der Waals surface area contributed by atoms with Crippen LogP contribution in [0.5, 0.6) is 0 Å². The molecule has 7 heteroatoms. The van der Waals surface area contributed by atoms with Gasteiger partial charge in [0.2, 0.25) is 0 Å². The molecule has 2 aromatic carbocycles. The maximum atomic E-state index is 13.2. The van der Waals surface area contributed by atoms with Crippen molar-refractivity contribution in [3.63, 3.8) is 0 Å². The number of piperazine rings is 1. The summed E-state index contributed by atoms with van der Waals surface area (Å²) in [6.45, 7) is 7.52. The van der Waals surface area contributed by atoms with Gasteiger partial charge in [-0.05, 0) is 49.7 Å². The van der Waals surface area contributed by atoms with Gasteiger partial charge in [0.1, 0.15) is 18.5 Å². The van der Waals surface area contributed by atoms with Crippen molar-refractivity contribution < 1.29 is 4.39 Å². The smallest absolute Gasteiger partial charge is 0.170 e. The molecular weight excluding hydrogens is 379 g/mol. The molecule has 6 nitrogen and oxygen atoms in total. The molecule has 0 amide bonds. The van der Waals surface area contributed by atoms with Gasteiger partial charge in [-0.3, -0.25) is 4.57 Å². The highest BCUT2D eigenvalue weighted by atomic mass is 19.1. The molecule has 152 valence electrons. The molecule has 5 rings (SSSR count). The monoisotopic (exact) mass is 402 g/mol. The number of aromatic nitrogens is 4. The molecule has 0 saturated carbocycles. The van der Waals surface area contributed by atoms with Crippen LogP contribution in [0.1, 0.15) is 11.1 Å². The summed E-state index contributed by atoms with van der Waals surface area (Å²) in [5.74, 6) is 0.655. The number of benzene rings is 2. The summed E-state index contributed by atoms with van der Waals surface area (Å²) in [6.07, 6.45) is 3.45. The molecule has 1 aliphatic heterocycles. The maximum absolute atomic E-state index is 13.2. The van der Waals surface area contributed by atoms with Gasteiger partial charge in [-0.15, -0.1) is 0 Å². The Labute approximate surface area is 174 Å². The van der Waals surface area contributed by atoms with Crippen LogP contribution >= 0.6 is 0 Å². The average molecular weight is 402 g/mol. The minimum atomic E-state index is -0.208. The first kappa shape index (κ1) is 18.5. The standard InChI is InChI=1S/C23H23FN6/c1-16-3-8-20(17(2)13-16)30-15-27-21-22(25-14-26-23(21)30)29-11-9-28(10-12-29)19-6-4-18(24)5-7-19/h3-8,13-15H,9-12H2,1-2H3. The van der Waals surface area contributed by atoms with Crippen LogP contribution in [0.15, 0.2) is 55.1 Å². The maximum Gasteiger partial charge on any atom is 0.170 e. The summed E-state index contributed by atoms with van der Waals surface area (Å²) >= 11 is 0. The van der Waals surface area contributed by atoms with Gasteiger partial charge in [0.15, 0.2) is 17.0 Å². The second-order valence-corrected chi connectivity index (χ2v) is 7.72. The summed E-state index contributed by atoms with van der Waals surface area (Å²) in [5.41, 5.74) is 6.16. The Balaban J connectivity index is 1.42. The lowest BCUT2D eigenvalue weighted by Crippen LogP contribution is -2.47. The fourth-order valence-electron chi connectivity index (χ4n) is 4.13. The van der Waals surface area contributed by atoms with Crippen LogP contribution in [-0.4, -0.2) is 45.7 Å². The zero-order chi connectivity index (χ0) is 20.7. The first-order valence-corrected chi connectivity index (χ1v) is 10.1. The van der Waals surface area contributed by atoms with E-state index in [1.807, 2.05) is 23.0 Å². The summed E-state index contributed by atoms with van der Waals surface area (Å²) in [7, 11) is 0.